The summed E-state index contributed by atoms with van der Waals surface area (Å²) < 4.78 is 0. The van der Waals surface area contributed by atoms with Crippen LogP contribution in [0.1, 0.15) is 21.7 Å². The van der Waals surface area contributed by atoms with Crippen molar-refractivity contribution in [2.75, 3.05) is 0 Å². The second-order valence-corrected chi connectivity index (χ2v) is 5.39. The quantitative estimate of drug-likeness (QED) is 0.771. The Kier molecular flexibility index (Phi) is 4.34. The molecule has 3 rings (SSSR count). The molecular formula is C16H14ClN5O. The van der Waals surface area contributed by atoms with Crippen molar-refractivity contribution in [2.24, 2.45) is 0 Å². The summed E-state index contributed by atoms with van der Waals surface area (Å²) in [5.41, 5.74) is 2.24. The zero-order valence-electron chi connectivity index (χ0n) is 12.4. The largest absolute Gasteiger partial charge is 0.348 e. The first-order chi connectivity index (χ1) is 11.1. The van der Waals surface area contributed by atoms with E-state index in [0.717, 1.165) is 17.0 Å². The lowest BCUT2D eigenvalue weighted by atomic mass is 10.1. The van der Waals surface area contributed by atoms with Crippen LogP contribution >= 0.6 is 11.6 Å². The highest BCUT2D eigenvalue weighted by molar-refractivity contribution is 6.33. The van der Waals surface area contributed by atoms with E-state index < -0.39 is 0 Å². The Hall–Kier alpha value is -2.73. The molecule has 116 valence electrons. The molecule has 0 unspecified atom stereocenters. The molecule has 23 heavy (non-hydrogen) atoms. The second-order valence-electron chi connectivity index (χ2n) is 4.98. The van der Waals surface area contributed by atoms with Crippen molar-refractivity contribution in [3.63, 3.8) is 0 Å². The van der Waals surface area contributed by atoms with Gasteiger partial charge in [-0.3, -0.25) is 14.9 Å². The van der Waals surface area contributed by atoms with E-state index in [-0.39, 0.29) is 5.91 Å². The summed E-state index contributed by atoms with van der Waals surface area (Å²) in [5, 5.41) is 10.1. The summed E-state index contributed by atoms with van der Waals surface area (Å²) in [7, 11) is 0. The number of nitrogens with zero attached hydrogens (tertiary/aromatic N) is 3. The summed E-state index contributed by atoms with van der Waals surface area (Å²) in [6.45, 7) is 2.23. The number of carbonyl (C=O) groups excluding carboxylic acids is 1. The average Bonchev–Trinajstić information content (AvgIpc) is 3.00. The van der Waals surface area contributed by atoms with Gasteiger partial charge >= 0.3 is 0 Å². The Morgan fingerprint density at radius 3 is 2.96 bits per heavy atom. The molecule has 1 aromatic carbocycles. The lowest BCUT2D eigenvalue weighted by Crippen LogP contribution is -2.23. The number of hydrogen-bond acceptors (Lipinski definition) is 4. The van der Waals surface area contributed by atoms with Crippen LogP contribution in [-0.4, -0.2) is 26.1 Å². The topological polar surface area (TPSA) is 83.6 Å². The van der Waals surface area contributed by atoms with E-state index in [1.807, 2.05) is 31.2 Å². The molecule has 0 spiro atoms. The minimum absolute atomic E-state index is 0.239. The van der Waals surface area contributed by atoms with Crippen molar-refractivity contribution in [2.45, 2.75) is 13.5 Å². The molecular weight excluding hydrogens is 314 g/mol. The van der Waals surface area contributed by atoms with E-state index in [1.54, 1.807) is 6.07 Å². The van der Waals surface area contributed by atoms with E-state index in [0.29, 0.717) is 23.0 Å². The number of H-pyrrole nitrogens is 1. The fourth-order valence-electron chi connectivity index (χ4n) is 2.13. The molecule has 6 nitrogen and oxygen atoms in total. The summed E-state index contributed by atoms with van der Waals surface area (Å²) in [6, 6.07) is 9.29. The van der Waals surface area contributed by atoms with E-state index in [9.17, 15) is 4.79 Å². The van der Waals surface area contributed by atoms with Crippen molar-refractivity contribution in [1.82, 2.24) is 25.5 Å². The lowest BCUT2D eigenvalue weighted by molar-refractivity contribution is 0.0951. The maximum atomic E-state index is 12.1. The van der Waals surface area contributed by atoms with Crippen molar-refractivity contribution >= 4 is 17.5 Å². The Bertz CT molecular complexity index is 846. The maximum Gasteiger partial charge on any atom is 0.253 e. The van der Waals surface area contributed by atoms with Gasteiger partial charge in [0.2, 0.25) is 0 Å². The number of nitrogens with one attached hydrogen (secondary N) is 2. The van der Waals surface area contributed by atoms with E-state index in [2.05, 4.69) is 25.5 Å². The number of carbonyl (C=O) groups is 1. The maximum absolute atomic E-state index is 12.1. The molecule has 0 bridgehead atoms. The zero-order chi connectivity index (χ0) is 16.2. The molecule has 2 aromatic heterocycles. The molecule has 0 saturated heterocycles. The summed E-state index contributed by atoms with van der Waals surface area (Å²) in [5.74, 6) is 1.15. The van der Waals surface area contributed by atoms with E-state index in [1.165, 1.54) is 12.4 Å². The number of aryl methyl sites for hydroxylation is 1. The third kappa shape index (κ3) is 3.54. The SMILES string of the molecule is Cc1nc(-c2cccc(CNC(=O)c3ccncc3Cl)c2)n[nH]1. The first-order valence-electron chi connectivity index (χ1n) is 6.99. The van der Waals surface area contributed by atoms with Crippen molar-refractivity contribution in [3.05, 3.63) is 64.7 Å². The van der Waals surface area contributed by atoms with Crippen LogP contribution in [0.3, 0.4) is 0 Å². The van der Waals surface area contributed by atoms with Gasteiger partial charge in [0.1, 0.15) is 5.82 Å². The molecule has 0 aliphatic rings. The molecule has 7 heteroatoms. The summed E-state index contributed by atoms with van der Waals surface area (Å²) in [4.78, 5) is 20.3. The van der Waals surface area contributed by atoms with Gasteiger partial charge in [-0.25, -0.2) is 4.98 Å². The number of benzene rings is 1. The fourth-order valence-corrected chi connectivity index (χ4v) is 2.33. The number of aromatic amines is 1. The third-order valence-corrected chi connectivity index (χ3v) is 3.55. The van der Waals surface area contributed by atoms with E-state index >= 15 is 0 Å². The van der Waals surface area contributed by atoms with Gasteiger partial charge < -0.3 is 5.32 Å². The van der Waals surface area contributed by atoms with Gasteiger partial charge in [0.25, 0.3) is 5.91 Å². The number of rotatable bonds is 4. The molecule has 1 amide bonds. The van der Waals surface area contributed by atoms with Crippen LogP contribution in [0.25, 0.3) is 11.4 Å². The molecule has 3 aromatic rings. The molecule has 2 heterocycles. The van der Waals surface area contributed by atoms with Crippen molar-refractivity contribution in [1.29, 1.82) is 0 Å². The van der Waals surface area contributed by atoms with Crippen LogP contribution in [0.5, 0.6) is 0 Å². The predicted molar refractivity (Wildman–Crippen MR) is 87.0 cm³/mol. The van der Waals surface area contributed by atoms with Crippen LogP contribution in [-0.2, 0) is 6.54 Å². The zero-order valence-corrected chi connectivity index (χ0v) is 13.1. The van der Waals surface area contributed by atoms with Crippen LogP contribution in [0.15, 0.2) is 42.7 Å². The number of hydrogen-bond donors (Lipinski definition) is 2. The second kappa shape index (κ2) is 6.58. The standard InChI is InChI=1S/C16H14ClN5O/c1-10-20-15(22-21-10)12-4-2-3-11(7-12)8-19-16(23)13-5-6-18-9-14(13)17/h2-7,9H,8H2,1H3,(H,19,23)(H,20,21,22). The molecule has 0 radical (unpaired) electrons. The molecule has 0 aliphatic heterocycles. The fraction of sp³-hybridized carbons (Fsp3) is 0.125. The third-order valence-electron chi connectivity index (χ3n) is 3.25. The van der Waals surface area contributed by atoms with Gasteiger partial charge in [-0.2, -0.15) is 5.10 Å². The highest BCUT2D eigenvalue weighted by Crippen LogP contribution is 2.17. The van der Waals surface area contributed by atoms with Crippen LogP contribution in [0.2, 0.25) is 5.02 Å². The average molecular weight is 328 g/mol. The first kappa shape index (κ1) is 15.2. The Labute approximate surface area is 137 Å². The predicted octanol–water partition coefficient (Wildman–Crippen LogP) is 2.76. The molecule has 0 fully saturated rings. The smallest absolute Gasteiger partial charge is 0.253 e. The number of amides is 1. The minimum atomic E-state index is -0.239. The molecule has 0 saturated carbocycles. The Morgan fingerprint density at radius 1 is 1.35 bits per heavy atom. The van der Waals surface area contributed by atoms with Crippen LogP contribution in [0.4, 0.5) is 0 Å². The van der Waals surface area contributed by atoms with Crippen molar-refractivity contribution < 1.29 is 4.79 Å². The number of pyridine rings is 1. The van der Waals surface area contributed by atoms with Crippen LogP contribution < -0.4 is 5.32 Å². The van der Waals surface area contributed by atoms with Crippen molar-refractivity contribution in [3.8, 4) is 11.4 Å². The van der Waals surface area contributed by atoms with Gasteiger partial charge in [0.15, 0.2) is 5.82 Å². The van der Waals surface area contributed by atoms with Gasteiger partial charge in [0, 0.05) is 24.5 Å². The van der Waals surface area contributed by atoms with Gasteiger partial charge in [-0.05, 0) is 24.6 Å². The minimum Gasteiger partial charge on any atom is -0.348 e. The van der Waals surface area contributed by atoms with Gasteiger partial charge in [-0.15, -0.1) is 0 Å². The molecule has 0 atom stereocenters. The highest BCUT2D eigenvalue weighted by Gasteiger charge is 2.10. The summed E-state index contributed by atoms with van der Waals surface area (Å²) in [6.07, 6.45) is 2.98. The number of halogens is 1. The highest BCUT2D eigenvalue weighted by atomic mass is 35.5. The Morgan fingerprint density at radius 2 is 2.22 bits per heavy atom. The summed E-state index contributed by atoms with van der Waals surface area (Å²) >= 11 is 5.97. The van der Waals surface area contributed by atoms with Crippen LogP contribution in [0, 0.1) is 6.92 Å². The number of aromatic nitrogens is 4. The Balaban J connectivity index is 1.71. The lowest BCUT2D eigenvalue weighted by Gasteiger charge is -2.07. The van der Waals surface area contributed by atoms with Gasteiger partial charge in [-0.1, -0.05) is 29.8 Å². The van der Waals surface area contributed by atoms with Gasteiger partial charge in [0.05, 0.1) is 10.6 Å². The monoisotopic (exact) mass is 327 g/mol. The first-order valence-corrected chi connectivity index (χ1v) is 7.37. The molecule has 2 N–H and O–H groups in total. The molecule has 0 aliphatic carbocycles. The van der Waals surface area contributed by atoms with E-state index in [4.69, 9.17) is 11.6 Å². The normalized spacial score (nSPS) is 10.5.